The molecule has 108 valence electrons. The second kappa shape index (κ2) is 5.40. The van der Waals surface area contributed by atoms with E-state index in [-0.39, 0.29) is 18.3 Å². The number of aromatic nitrogens is 2. The number of nitrogens with one attached hydrogen (secondary N) is 2. The van der Waals surface area contributed by atoms with Crippen molar-refractivity contribution < 1.29 is 17.6 Å². The second-order valence-corrected chi connectivity index (χ2v) is 4.08. The molecular weight excluding hydrogens is 273 g/mol. The summed E-state index contributed by atoms with van der Waals surface area (Å²) in [6.45, 7) is 2.03. The number of rotatable bonds is 4. The zero-order chi connectivity index (χ0) is 14.8. The minimum Gasteiger partial charge on any atom is -0.465 e. The van der Waals surface area contributed by atoms with Crippen LogP contribution < -0.4 is 10.6 Å². The lowest BCUT2D eigenvalue weighted by Gasteiger charge is -2.10. The van der Waals surface area contributed by atoms with Crippen molar-refractivity contribution in [2.24, 2.45) is 0 Å². The molecule has 2 N–H and O–H groups in total. The Bertz CT molecular complexity index is 595. The van der Waals surface area contributed by atoms with E-state index in [4.69, 9.17) is 4.42 Å². The summed E-state index contributed by atoms with van der Waals surface area (Å²) in [5.41, 5.74) is -1.00. The van der Waals surface area contributed by atoms with Crippen LogP contribution in [0.2, 0.25) is 0 Å². The Kier molecular flexibility index (Phi) is 3.82. The molecule has 5 nitrogen and oxygen atoms in total. The van der Waals surface area contributed by atoms with Gasteiger partial charge in [-0.15, -0.1) is 0 Å². The van der Waals surface area contributed by atoms with Gasteiger partial charge in [0, 0.05) is 13.1 Å². The number of anilines is 2. The Morgan fingerprint density at radius 1 is 1.25 bits per heavy atom. The molecule has 0 unspecified atom stereocenters. The number of hydrogen-bond donors (Lipinski definition) is 2. The van der Waals surface area contributed by atoms with Crippen molar-refractivity contribution in [2.75, 3.05) is 17.7 Å². The van der Waals surface area contributed by atoms with Gasteiger partial charge in [0.2, 0.25) is 5.95 Å². The van der Waals surface area contributed by atoms with E-state index in [9.17, 15) is 13.2 Å². The summed E-state index contributed by atoms with van der Waals surface area (Å²) in [5.74, 6) is 1.32. The minimum atomic E-state index is -4.52. The van der Waals surface area contributed by atoms with Gasteiger partial charge in [0.05, 0.1) is 6.54 Å². The summed E-state index contributed by atoms with van der Waals surface area (Å²) in [7, 11) is 1.45. The molecule has 0 atom stereocenters. The Hall–Kier alpha value is -2.25. The van der Waals surface area contributed by atoms with E-state index in [2.05, 4.69) is 20.6 Å². The van der Waals surface area contributed by atoms with Crippen LogP contribution in [0.25, 0.3) is 0 Å². The normalized spacial score (nSPS) is 11.4. The first-order chi connectivity index (χ1) is 9.38. The zero-order valence-electron chi connectivity index (χ0n) is 10.9. The monoisotopic (exact) mass is 286 g/mol. The number of halogens is 3. The lowest BCUT2D eigenvalue weighted by molar-refractivity contribution is -0.141. The molecular formula is C12H13F3N4O. The smallest absolute Gasteiger partial charge is 0.433 e. The van der Waals surface area contributed by atoms with Crippen LogP contribution >= 0.6 is 0 Å². The number of furan rings is 1. The van der Waals surface area contributed by atoms with E-state index >= 15 is 0 Å². The third-order valence-electron chi connectivity index (χ3n) is 2.48. The average Bonchev–Trinajstić information content (AvgIpc) is 2.81. The molecule has 0 aliphatic rings. The van der Waals surface area contributed by atoms with Gasteiger partial charge in [0.25, 0.3) is 0 Å². The Morgan fingerprint density at radius 3 is 2.55 bits per heavy atom. The molecule has 0 saturated carbocycles. The largest absolute Gasteiger partial charge is 0.465 e. The van der Waals surface area contributed by atoms with E-state index in [1.807, 2.05) is 0 Å². The van der Waals surface area contributed by atoms with Crippen molar-refractivity contribution in [3.8, 4) is 0 Å². The standard InChI is InChI=1S/C12H13F3N4O/c1-7-3-4-8(20-7)6-17-10-5-9(12(13,14)15)18-11(16-2)19-10/h3-5H,6H2,1-2H3,(H2,16,17,18,19). The van der Waals surface area contributed by atoms with Crippen LogP contribution in [0, 0.1) is 6.92 Å². The van der Waals surface area contributed by atoms with Gasteiger partial charge in [-0.3, -0.25) is 0 Å². The molecule has 0 saturated heterocycles. The molecule has 0 aliphatic heterocycles. The predicted octanol–water partition coefficient (Wildman–Crippen LogP) is 3.05. The van der Waals surface area contributed by atoms with Crippen LogP contribution in [-0.4, -0.2) is 17.0 Å². The molecule has 0 amide bonds. The third-order valence-corrected chi connectivity index (χ3v) is 2.48. The molecule has 2 aromatic heterocycles. The molecule has 2 heterocycles. The molecule has 0 bridgehead atoms. The molecule has 20 heavy (non-hydrogen) atoms. The second-order valence-electron chi connectivity index (χ2n) is 4.08. The van der Waals surface area contributed by atoms with Gasteiger partial charge in [-0.2, -0.15) is 18.2 Å². The van der Waals surface area contributed by atoms with Crippen molar-refractivity contribution >= 4 is 11.8 Å². The van der Waals surface area contributed by atoms with E-state index in [0.29, 0.717) is 5.76 Å². The average molecular weight is 286 g/mol. The molecule has 2 rings (SSSR count). The first kappa shape index (κ1) is 14.2. The Labute approximate surface area is 113 Å². The van der Waals surface area contributed by atoms with Crippen LogP contribution in [0.15, 0.2) is 22.6 Å². The topological polar surface area (TPSA) is 63.0 Å². The lowest BCUT2D eigenvalue weighted by atomic mass is 10.3. The quantitative estimate of drug-likeness (QED) is 0.904. The van der Waals surface area contributed by atoms with Crippen LogP contribution in [0.4, 0.5) is 24.9 Å². The van der Waals surface area contributed by atoms with Gasteiger partial charge in [-0.25, -0.2) is 4.98 Å². The van der Waals surface area contributed by atoms with Crippen molar-refractivity contribution in [1.82, 2.24) is 9.97 Å². The summed E-state index contributed by atoms with van der Waals surface area (Å²) < 4.78 is 43.4. The van der Waals surface area contributed by atoms with Crippen molar-refractivity contribution in [2.45, 2.75) is 19.6 Å². The van der Waals surface area contributed by atoms with Gasteiger partial charge in [-0.05, 0) is 19.1 Å². The molecule has 2 aromatic rings. The van der Waals surface area contributed by atoms with Crippen molar-refractivity contribution in [3.05, 3.63) is 35.4 Å². The maximum Gasteiger partial charge on any atom is 0.433 e. The van der Waals surface area contributed by atoms with E-state index in [1.54, 1.807) is 19.1 Å². The van der Waals surface area contributed by atoms with Gasteiger partial charge in [0.15, 0.2) is 5.69 Å². The Balaban J connectivity index is 2.18. The summed E-state index contributed by atoms with van der Waals surface area (Å²) in [5, 5.41) is 5.27. The fourth-order valence-corrected chi connectivity index (χ4v) is 1.55. The molecule has 0 aromatic carbocycles. The summed E-state index contributed by atoms with van der Waals surface area (Å²) in [6.07, 6.45) is -4.52. The summed E-state index contributed by atoms with van der Waals surface area (Å²) in [4.78, 5) is 7.28. The highest BCUT2D eigenvalue weighted by atomic mass is 19.4. The van der Waals surface area contributed by atoms with E-state index in [1.165, 1.54) is 7.05 Å². The molecule has 0 aliphatic carbocycles. The molecule has 0 radical (unpaired) electrons. The molecule has 8 heteroatoms. The van der Waals surface area contributed by atoms with E-state index in [0.717, 1.165) is 11.8 Å². The van der Waals surface area contributed by atoms with Crippen LogP contribution in [0.3, 0.4) is 0 Å². The molecule has 0 fully saturated rings. The first-order valence-electron chi connectivity index (χ1n) is 5.81. The van der Waals surface area contributed by atoms with Gasteiger partial charge in [-0.1, -0.05) is 0 Å². The fourth-order valence-electron chi connectivity index (χ4n) is 1.55. The van der Waals surface area contributed by atoms with Crippen LogP contribution in [-0.2, 0) is 12.7 Å². The van der Waals surface area contributed by atoms with Crippen molar-refractivity contribution in [3.63, 3.8) is 0 Å². The van der Waals surface area contributed by atoms with Crippen LogP contribution in [0.5, 0.6) is 0 Å². The molecule has 0 spiro atoms. The van der Waals surface area contributed by atoms with Crippen LogP contribution in [0.1, 0.15) is 17.2 Å². The SMILES string of the molecule is CNc1nc(NCc2ccc(C)o2)cc(C(F)(F)F)n1. The van der Waals surface area contributed by atoms with Gasteiger partial charge >= 0.3 is 6.18 Å². The lowest BCUT2D eigenvalue weighted by Crippen LogP contribution is -2.12. The number of alkyl halides is 3. The maximum absolute atomic E-state index is 12.7. The maximum atomic E-state index is 12.7. The highest BCUT2D eigenvalue weighted by Gasteiger charge is 2.33. The Morgan fingerprint density at radius 2 is 2.00 bits per heavy atom. The minimum absolute atomic E-state index is 0.0747. The summed E-state index contributed by atoms with van der Waals surface area (Å²) in [6, 6.07) is 4.38. The highest BCUT2D eigenvalue weighted by Crippen LogP contribution is 2.29. The highest BCUT2D eigenvalue weighted by molar-refractivity contribution is 5.43. The zero-order valence-corrected chi connectivity index (χ0v) is 10.9. The predicted molar refractivity (Wildman–Crippen MR) is 67.4 cm³/mol. The van der Waals surface area contributed by atoms with Gasteiger partial charge < -0.3 is 15.1 Å². The number of hydrogen-bond acceptors (Lipinski definition) is 5. The van der Waals surface area contributed by atoms with E-state index < -0.39 is 11.9 Å². The first-order valence-corrected chi connectivity index (χ1v) is 5.81. The number of nitrogens with zero attached hydrogens (tertiary/aromatic N) is 2. The fraction of sp³-hybridized carbons (Fsp3) is 0.333. The van der Waals surface area contributed by atoms with Gasteiger partial charge in [0.1, 0.15) is 17.3 Å². The van der Waals surface area contributed by atoms with Crippen molar-refractivity contribution in [1.29, 1.82) is 0 Å². The summed E-state index contributed by atoms with van der Waals surface area (Å²) >= 11 is 0. The number of aryl methyl sites for hydroxylation is 1. The third kappa shape index (κ3) is 3.40.